The molecule has 0 saturated carbocycles. The molecule has 0 fully saturated rings. The first-order valence-corrected chi connectivity index (χ1v) is 13.6. The Hall–Kier alpha value is -3.65. The summed E-state index contributed by atoms with van der Waals surface area (Å²) in [5.74, 6) is -1.69. The summed E-state index contributed by atoms with van der Waals surface area (Å²) in [6, 6.07) is 19.7. The highest BCUT2D eigenvalue weighted by Crippen LogP contribution is 2.43. The summed E-state index contributed by atoms with van der Waals surface area (Å²) in [7, 11) is 4.07. The molecular weight excluding hydrogens is 518 g/mol. The predicted octanol–water partition coefficient (Wildman–Crippen LogP) is 7.71. The average molecular weight is 552 g/mol. The van der Waals surface area contributed by atoms with Crippen LogP contribution in [0.15, 0.2) is 72.8 Å². The van der Waals surface area contributed by atoms with Crippen LogP contribution in [0.5, 0.6) is 0 Å². The topological polar surface area (TPSA) is 39.3 Å². The molecule has 5 rings (SSSR count). The monoisotopic (exact) mass is 551 g/mol. The molecule has 8 heteroatoms. The Morgan fingerprint density at radius 2 is 1.70 bits per heavy atom. The number of fused-ring (bicyclic) bond motifs is 3. The zero-order chi connectivity index (χ0) is 28.7. The number of rotatable bonds is 7. The smallest absolute Gasteiger partial charge is 0.356 e. The molecule has 1 aromatic heterocycles. The Morgan fingerprint density at radius 1 is 1.00 bits per heavy atom. The summed E-state index contributed by atoms with van der Waals surface area (Å²) in [6.45, 7) is 2.41. The van der Waals surface area contributed by atoms with Crippen LogP contribution >= 0.6 is 0 Å². The highest BCUT2D eigenvalue weighted by molar-refractivity contribution is 5.95. The molecule has 0 aliphatic carbocycles. The predicted molar refractivity (Wildman–Crippen MR) is 149 cm³/mol. The lowest BCUT2D eigenvalue weighted by atomic mass is 9.79. The lowest BCUT2D eigenvalue weighted by Gasteiger charge is -2.43. The van der Waals surface area contributed by atoms with E-state index in [2.05, 4.69) is 28.9 Å². The third kappa shape index (κ3) is 4.89. The number of para-hydroxylation sites is 1. The quantitative estimate of drug-likeness (QED) is 0.239. The van der Waals surface area contributed by atoms with Crippen molar-refractivity contribution in [2.24, 2.45) is 0 Å². The molecule has 0 radical (unpaired) electrons. The minimum Gasteiger partial charge on any atom is -0.356 e. The maximum Gasteiger partial charge on any atom is 0.416 e. The second-order valence-electron chi connectivity index (χ2n) is 10.7. The van der Waals surface area contributed by atoms with Gasteiger partial charge in [0.05, 0.1) is 17.2 Å². The number of nitrogens with zero attached hydrogens (tertiary/aromatic N) is 2. The minimum absolute atomic E-state index is 0.278. The van der Waals surface area contributed by atoms with Crippen molar-refractivity contribution in [3.05, 3.63) is 107 Å². The van der Waals surface area contributed by atoms with E-state index in [0.29, 0.717) is 31.4 Å². The van der Waals surface area contributed by atoms with Crippen molar-refractivity contribution in [3.63, 3.8) is 0 Å². The van der Waals surface area contributed by atoms with Crippen LogP contribution in [0, 0.1) is 5.82 Å². The van der Waals surface area contributed by atoms with E-state index >= 15 is 0 Å². The Bertz CT molecular complexity index is 1510. The van der Waals surface area contributed by atoms with Crippen molar-refractivity contribution >= 4 is 16.8 Å². The molecule has 1 N–H and O–H groups in total. The molecular formula is C32H33F4N3O. The number of aromatic nitrogens is 1. The number of hydrogen-bond acceptors (Lipinski definition) is 2. The molecule has 4 nitrogen and oxygen atoms in total. The van der Waals surface area contributed by atoms with E-state index in [0.717, 1.165) is 40.2 Å². The molecule has 3 aromatic carbocycles. The number of carbonyl (C=O) groups excluding carboxylic acids is 1. The van der Waals surface area contributed by atoms with E-state index < -0.39 is 35.1 Å². The maximum atomic E-state index is 14.9. The fraction of sp³-hybridized carbons (Fsp3) is 0.344. The molecule has 2 unspecified atom stereocenters. The number of carbonyl (C=O) groups is 1. The van der Waals surface area contributed by atoms with Crippen LogP contribution in [0.1, 0.15) is 65.0 Å². The lowest BCUT2D eigenvalue weighted by molar-refractivity contribution is -0.137. The number of alkyl halides is 3. The second kappa shape index (κ2) is 10.7. The van der Waals surface area contributed by atoms with Crippen LogP contribution in [0.4, 0.5) is 17.6 Å². The van der Waals surface area contributed by atoms with Crippen molar-refractivity contribution in [3.8, 4) is 0 Å². The number of benzene rings is 3. The summed E-state index contributed by atoms with van der Waals surface area (Å²) < 4.78 is 55.3. The van der Waals surface area contributed by atoms with E-state index in [9.17, 15) is 22.4 Å². The Morgan fingerprint density at radius 3 is 2.38 bits per heavy atom. The fourth-order valence-electron chi connectivity index (χ4n) is 6.33. The van der Waals surface area contributed by atoms with Crippen molar-refractivity contribution in [1.82, 2.24) is 14.8 Å². The number of hydrogen-bond donors (Lipinski definition) is 1. The fourth-order valence-corrected chi connectivity index (χ4v) is 6.33. The molecule has 2 atom stereocenters. The molecule has 0 spiro atoms. The van der Waals surface area contributed by atoms with Crippen LogP contribution in [0.25, 0.3) is 10.9 Å². The van der Waals surface area contributed by atoms with Crippen LogP contribution in [0.3, 0.4) is 0 Å². The molecule has 4 aromatic rings. The van der Waals surface area contributed by atoms with Gasteiger partial charge >= 0.3 is 6.18 Å². The first kappa shape index (κ1) is 27.9. The Labute approximate surface area is 231 Å². The van der Waals surface area contributed by atoms with E-state index in [1.165, 1.54) is 0 Å². The summed E-state index contributed by atoms with van der Waals surface area (Å²) in [4.78, 5) is 21.1. The van der Waals surface area contributed by atoms with E-state index in [-0.39, 0.29) is 12.1 Å². The third-order valence-corrected chi connectivity index (χ3v) is 8.53. The summed E-state index contributed by atoms with van der Waals surface area (Å²) in [6.07, 6.45) is -2.14. The molecule has 1 aliphatic heterocycles. The standard InChI is InChI=1S/C32H33F4N3O/c1-4-31(38(2)3,21-10-6-5-7-11-21)18-16-28-29-24(23-12-8-9-13-27(23)37-29)17-19-39(28)30(40)25-20-22(32(34,35)36)14-15-26(25)33/h5-15,20,28,37H,4,16-19H2,1-3H3. The van der Waals surface area contributed by atoms with Gasteiger partial charge < -0.3 is 9.88 Å². The van der Waals surface area contributed by atoms with E-state index in [1.54, 1.807) is 4.90 Å². The van der Waals surface area contributed by atoms with Crippen LogP contribution in [-0.4, -0.2) is 41.3 Å². The van der Waals surface area contributed by atoms with Gasteiger partial charge in [0.2, 0.25) is 0 Å². The second-order valence-corrected chi connectivity index (χ2v) is 10.7. The first-order valence-electron chi connectivity index (χ1n) is 13.6. The molecule has 0 saturated heterocycles. The van der Waals surface area contributed by atoms with Gasteiger partial charge in [0.25, 0.3) is 5.91 Å². The van der Waals surface area contributed by atoms with E-state index in [1.807, 2.05) is 56.6 Å². The van der Waals surface area contributed by atoms with Gasteiger partial charge in [-0.3, -0.25) is 9.69 Å². The summed E-state index contributed by atoms with van der Waals surface area (Å²) >= 11 is 0. The van der Waals surface area contributed by atoms with Gasteiger partial charge in [-0.15, -0.1) is 0 Å². The third-order valence-electron chi connectivity index (χ3n) is 8.53. The molecule has 1 amide bonds. The van der Waals surface area contributed by atoms with Crippen molar-refractivity contribution in [2.45, 2.75) is 50.4 Å². The van der Waals surface area contributed by atoms with Gasteiger partial charge in [-0.05, 0) is 75.2 Å². The first-order chi connectivity index (χ1) is 19.1. The zero-order valence-electron chi connectivity index (χ0n) is 22.9. The van der Waals surface area contributed by atoms with Gasteiger partial charge in [-0.1, -0.05) is 55.5 Å². The minimum atomic E-state index is -4.68. The highest BCUT2D eigenvalue weighted by Gasteiger charge is 2.40. The Kier molecular flexibility index (Phi) is 7.48. The molecule has 0 bridgehead atoms. The Balaban J connectivity index is 1.58. The molecule has 40 heavy (non-hydrogen) atoms. The van der Waals surface area contributed by atoms with Crippen molar-refractivity contribution < 1.29 is 22.4 Å². The van der Waals surface area contributed by atoms with Crippen molar-refractivity contribution in [1.29, 1.82) is 0 Å². The van der Waals surface area contributed by atoms with Crippen LogP contribution < -0.4 is 0 Å². The maximum absolute atomic E-state index is 14.9. The van der Waals surface area contributed by atoms with Crippen LogP contribution in [0.2, 0.25) is 0 Å². The number of amides is 1. The summed E-state index contributed by atoms with van der Waals surface area (Å²) in [5.41, 5.74) is 2.12. The molecule has 2 heterocycles. The zero-order valence-corrected chi connectivity index (χ0v) is 22.9. The number of nitrogens with one attached hydrogen (secondary N) is 1. The molecule has 1 aliphatic rings. The lowest BCUT2D eigenvalue weighted by Crippen LogP contribution is -2.44. The van der Waals surface area contributed by atoms with Gasteiger partial charge in [-0.25, -0.2) is 4.39 Å². The van der Waals surface area contributed by atoms with Crippen LogP contribution in [-0.2, 0) is 18.1 Å². The number of aromatic amines is 1. The van der Waals surface area contributed by atoms with Gasteiger partial charge in [0, 0.05) is 28.7 Å². The van der Waals surface area contributed by atoms with Crippen molar-refractivity contribution in [2.75, 3.05) is 20.6 Å². The number of H-pyrrole nitrogens is 1. The average Bonchev–Trinajstić information content (AvgIpc) is 3.32. The largest absolute Gasteiger partial charge is 0.416 e. The normalized spacial score (nSPS) is 17.2. The van der Waals surface area contributed by atoms with Gasteiger partial charge in [0.1, 0.15) is 5.82 Å². The van der Waals surface area contributed by atoms with E-state index in [4.69, 9.17) is 0 Å². The molecule has 210 valence electrons. The summed E-state index contributed by atoms with van der Waals surface area (Å²) in [5, 5.41) is 1.07. The van der Waals surface area contributed by atoms with Gasteiger partial charge in [0.15, 0.2) is 0 Å². The van der Waals surface area contributed by atoms with Gasteiger partial charge in [-0.2, -0.15) is 13.2 Å². The SMILES string of the molecule is CCC(CCC1c2[nH]c3ccccc3c2CCN1C(=O)c1cc(C(F)(F)F)ccc1F)(c1ccccc1)N(C)C. The highest BCUT2D eigenvalue weighted by atomic mass is 19.4. The number of halogens is 4.